The average Bonchev–Trinajstić information content (AvgIpc) is 3.36. The molecule has 4 rings (SSSR count). The van der Waals surface area contributed by atoms with Gasteiger partial charge in [-0.2, -0.15) is 0 Å². The molecule has 1 saturated heterocycles. The number of fused-ring (bicyclic) bond motifs is 1. The second-order valence-electron chi connectivity index (χ2n) is 8.27. The Hall–Kier alpha value is -4.24. The van der Waals surface area contributed by atoms with Crippen molar-refractivity contribution in [2.24, 2.45) is 5.16 Å². The maximum atomic E-state index is 13.1. The summed E-state index contributed by atoms with van der Waals surface area (Å²) in [6.45, 7) is 0.944. The van der Waals surface area contributed by atoms with Gasteiger partial charge in [-0.3, -0.25) is 24.1 Å². The van der Waals surface area contributed by atoms with Crippen molar-refractivity contribution >= 4 is 63.6 Å². The van der Waals surface area contributed by atoms with E-state index in [4.69, 9.17) is 9.57 Å². The Morgan fingerprint density at radius 3 is 2.64 bits per heavy atom. The number of hydrogen-bond acceptors (Lipinski definition) is 11. The number of oxime groups is 1. The number of thiazole rings is 1. The van der Waals surface area contributed by atoms with Crippen LogP contribution in [-0.4, -0.2) is 81.2 Å². The number of amides is 3. The van der Waals surface area contributed by atoms with E-state index in [-0.39, 0.29) is 52.5 Å². The highest BCUT2D eigenvalue weighted by Crippen LogP contribution is 2.40. The minimum atomic E-state index is -1.34. The fourth-order valence-electron chi connectivity index (χ4n) is 3.87. The summed E-state index contributed by atoms with van der Waals surface area (Å²) >= 11 is 2.31. The van der Waals surface area contributed by atoms with Crippen LogP contribution < -0.4 is 10.6 Å². The number of carbonyl (C=O) groups excluding carboxylic acids is 4. The zero-order chi connectivity index (χ0) is 28.1. The number of aliphatic carboxylic acids is 1. The molecule has 39 heavy (non-hydrogen) atoms. The molecule has 0 unspecified atom stereocenters. The predicted octanol–water partition coefficient (Wildman–Crippen LogP) is 0.977. The van der Waals surface area contributed by atoms with E-state index in [9.17, 15) is 29.1 Å². The summed E-state index contributed by atoms with van der Waals surface area (Å²) in [7, 11) is 1.24. The van der Waals surface area contributed by atoms with Gasteiger partial charge in [0.05, 0.1) is 6.42 Å². The van der Waals surface area contributed by atoms with E-state index in [1.54, 1.807) is 0 Å². The molecule has 1 aromatic heterocycles. The first-order valence-electron chi connectivity index (χ1n) is 11.4. The highest BCUT2D eigenvalue weighted by Gasteiger charge is 2.54. The summed E-state index contributed by atoms with van der Waals surface area (Å²) in [5.41, 5.74) is 0.727. The first kappa shape index (κ1) is 27.8. The largest absolute Gasteiger partial charge is 0.477 e. The molecule has 13 nitrogen and oxygen atoms in total. The number of thioether (sulfide) groups is 1. The van der Waals surface area contributed by atoms with Gasteiger partial charge in [0.2, 0.25) is 5.91 Å². The van der Waals surface area contributed by atoms with Crippen LogP contribution in [0.1, 0.15) is 18.2 Å². The summed E-state index contributed by atoms with van der Waals surface area (Å²) < 4.78 is 4.92. The molecule has 3 heterocycles. The normalized spacial score (nSPS) is 18.6. The van der Waals surface area contributed by atoms with Gasteiger partial charge in [-0.1, -0.05) is 35.5 Å². The lowest BCUT2D eigenvalue weighted by Crippen LogP contribution is -2.71. The van der Waals surface area contributed by atoms with Gasteiger partial charge < -0.3 is 25.3 Å². The molecule has 1 aromatic carbocycles. The zero-order valence-electron chi connectivity index (χ0n) is 20.7. The fraction of sp³-hybridized carbons (Fsp3) is 0.292. The molecule has 3 amide bonds. The van der Waals surface area contributed by atoms with E-state index < -0.39 is 35.2 Å². The van der Waals surface area contributed by atoms with Crippen molar-refractivity contribution in [2.45, 2.75) is 24.8 Å². The van der Waals surface area contributed by atoms with Gasteiger partial charge in [-0.15, -0.1) is 23.1 Å². The number of ether oxygens (including phenoxy) is 1. The average molecular weight is 574 g/mol. The summed E-state index contributed by atoms with van der Waals surface area (Å²) in [5.74, 6) is -3.43. The lowest BCUT2D eigenvalue weighted by Gasteiger charge is -2.49. The van der Waals surface area contributed by atoms with Gasteiger partial charge in [0.1, 0.15) is 36.5 Å². The number of nitrogens with zero attached hydrogens (tertiary/aromatic N) is 3. The summed E-state index contributed by atoms with van der Waals surface area (Å²) in [6, 6.07) is 8.12. The number of rotatable bonds is 10. The molecule has 0 spiro atoms. The van der Waals surface area contributed by atoms with Gasteiger partial charge in [0, 0.05) is 23.6 Å². The molecule has 0 saturated carbocycles. The summed E-state index contributed by atoms with van der Waals surface area (Å²) in [4.78, 5) is 71.5. The molecular weight excluding hydrogens is 550 g/mol. The molecule has 0 bridgehead atoms. The van der Waals surface area contributed by atoms with Crippen molar-refractivity contribution < 1.29 is 38.7 Å². The highest BCUT2D eigenvalue weighted by molar-refractivity contribution is 8.00. The van der Waals surface area contributed by atoms with Gasteiger partial charge in [-0.25, -0.2) is 9.78 Å². The molecule has 2 atom stereocenters. The molecular formula is C24H23N5O8S2. The van der Waals surface area contributed by atoms with Crippen LogP contribution in [0.15, 0.2) is 52.1 Å². The van der Waals surface area contributed by atoms with E-state index in [0.717, 1.165) is 21.8 Å². The minimum absolute atomic E-state index is 0.115. The fourth-order valence-corrected chi connectivity index (χ4v) is 5.91. The van der Waals surface area contributed by atoms with Gasteiger partial charge in [0.15, 0.2) is 10.8 Å². The number of carboxylic acids is 1. The van der Waals surface area contributed by atoms with Crippen molar-refractivity contribution in [3.05, 3.63) is 58.2 Å². The second kappa shape index (κ2) is 12.1. The Balaban J connectivity index is 1.43. The number of esters is 1. The van der Waals surface area contributed by atoms with Crippen LogP contribution in [-0.2, 0) is 40.0 Å². The number of anilines is 1. The van der Waals surface area contributed by atoms with Crippen LogP contribution in [0.2, 0.25) is 0 Å². The van der Waals surface area contributed by atoms with Crippen LogP contribution in [0.4, 0.5) is 5.13 Å². The molecule has 3 N–H and O–H groups in total. The smallest absolute Gasteiger partial charge is 0.352 e. The molecule has 0 radical (unpaired) electrons. The monoisotopic (exact) mass is 573 g/mol. The Morgan fingerprint density at radius 1 is 1.23 bits per heavy atom. The maximum Gasteiger partial charge on any atom is 0.352 e. The quantitative estimate of drug-likeness (QED) is 0.161. The Morgan fingerprint density at radius 2 is 1.97 bits per heavy atom. The standard InChI is InChI=1S/C24H23N5O8S2/c1-12(30)37-9-14-10-38-22-18(21(33)29(22)19(14)23(34)35)27-20(32)17(28-36-2)15-11-39-24(25-15)26-16(31)8-13-6-4-3-5-7-13/h3-7,11,18,22H,8-10H2,1-2H3,(H,27,32)(H,34,35)(H,25,26,31)/t18-,22-/m1/s1. The number of benzene rings is 1. The Labute approximate surface area is 230 Å². The number of hydrogen-bond donors (Lipinski definition) is 3. The summed E-state index contributed by atoms with van der Waals surface area (Å²) in [5, 5.41) is 19.7. The molecule has 2 aliphatic rings. The van der Waals surface area contributed by atoms with Gasteiger partial charge >= 0.3 is 11.9 Å². The van der Waals surface area contributed by atoms with Crippen molar-refractivity contribution in [3.63, 3.8) is 0 Å². The minimum Gasteiger partial charge on any atom is -0.477 e. The van der Waals surface area contributed by atoms with Gasteiger partial charge in [-0.05, 0) is 5.56 Å². The highest BCUT2D eigenvalue weighted by atomic mass is 32.2. The summed E-state index contributed by atoms with van der Waals surface area (Å²) in [6.07, 6.45) is 0.143. The predicted molar refractivity (Wildman–Crippen MR) is 141 cm³/mol. The van der Waals surface area contributed by atoms with E-state index in [1.165, 1.54) is 31.2 Å². The lowest BCUT2D eigenvalue weighted by molar-refractivity contribution is -0.150. The van der Waals surface area contributed by atoms with E-state index in [0.29, 0.717) is 0 Å². The molecule has 2 aliphatic heterocycles. The third-order valence-electron chi connectivity index (χ3n) is 5.58. The van der Waals surface area contributed by atoms with Crippen LogP contribution in [0.5, 0.6) is 0 Å². The van der Waals surface area contributed by atoms with Crippen LogP contribution >= 0.6 is 23.1 Å². The number of carbonyl (C=O) groups is 5. The van der Waals surface area contributed by atoms with Crippen molar-refractivity contribution in [3.8, 4) is 0 Å². The van der Waals surface area contributed by atoms with Crippen molar-refractivity contribution in [1.29, 1.82) is 0 Å². The third-order valence-corrected chi connectivity index (χ3v) is 7.68. The molecule has 204 valence electrons. The number of aromatic nitrogens is 1. The topological polar surface area (TPSA) is 177 Å². The number of β-lactam (4-membered cyclic amide) rings is 1. The van der Waals surface area contributed by atoms with E-state index in [1.807, 2.05) is 30.3 Å². The van der Waals surface area contributed by atoms with E-state index in [2.05, 4.69) is 20.8 Å². The Bertz CT molecular complexity index is 1370. The number of carboxylic acid groups (broad SMARTS) is 1. The molecule has 2 aromatic rings. The van der Waals surface area contributed by atoms with E-state index >= 15 is 0 Å². The number of nitrogens with one attached hydrogen (secondary N) is 2. The molecule has 1 fully saturated rings. The molecule has 15 heteroatoms. The SMILES string of the molecule is CON=C(C(=O)N[C@@H]1C(=O)N2C(C(=O)O)=C(COC(C)=O)CS[C@H]12)c1csc(NC(=O)Cc2ccccc2)n1. The van der Waals surface area contributed by atoms with Crippen molar-refractivity contribution in [2.75, 3.05) is 24.8 Å². The zero-order valence-corrected chi connectivity index (χ0v) is 22.3. The van der Waals surface area contributed by atoms with Crippen LogP contribution in [0, 0.1) is 0 Å². The van der Waals surface area contributed by atoms with Crippen LogP contribution in [0.3, 0.4) is 0 Å². The Kier molecular flexibility index (Phi) is 8.61. The first-order chi connectivity index (χ1) is 18.7. The first-order valence-corrected chi connectivity index (χ1v) is 13.4. The molecule has 0 aliphatic carbocycles. The second-order valence-corrected chi connectivity index (χ2v) is 10.2. The van der Waals surface area contributed by atoms with Crippen LogP contribution in [0.25, 0.3) is 0 Å². The third kappa shape index (κ3) is 6.26. The van der Waals surface area contributed by atoms with Crippen molar-refractivity contribution in [1.82, 2.24) is 15.2 Å². The van der Waals surface area contributed by atoms with Gasteiger partial charge in [0.25, 0.3) is 11.8 Å². The maximum absolute atomic E-state index is 13.1. The lowest BCUT2D eigenvalue weighted by atomic mass is 10.0.